The fourth-order valence-corrected chi connectivity index (χ4v) is 3.58. The third-order valence-electron chi connectivity index (χ3n) is 3.79. The van der Waals surface area contributed by atoms with Gasteiger partial charge in [0.05, 0.1) is 5.54 Å². The molecule has 1 fully saturated rings. The van der Waals surface area contributed by atoms with E-state index in [1.165, 1.54) is 6.42 Å². The van der Waals surface area contributed by atoms with Gasteiger partial charge < -0.3 is 10.3 Å². The van der Waals surface area contributed by atoms with Crippen LogP contribution in [-0.2, 0) is 12.0 Å². The van der Waals surface area contributed by atoms with Crippen LogP contribution in [0.3, 0.4) is 0 Å². The van der Waals surface area contributed by atoms with Crippen LogP contribution in [0.1, 0.15) is 65.1 Å². The zero-order chi connectivity index (χ0) is 13.4. The Morgan fingerprint density at radius 1 is 1.39 bits per heavy atom. The molecule has 2 unspecified atom stereocenters. The first-order chi connectivity index (χ1) is 8.35. The molecule has 102 valence electrons. The molecule has 1 aromatic rings. The first-order valence-electron chi connectivity index (χ1n) is 6.96. The van der Waals surface area contributed by atoms with Crippen molar-refractivity contribution in [3.05, 3.63) is 11.7 Å². The van der Waals surface area contributed by atoms with Crippen LogP contribution in [0.15, 0.2) is 4.52 Å². The Kier molecular flexibility index (Phi) is 3.49. The van der Waals surface area contributed by atoms with E-state index >= 15 is 0 Å². The minimum Gasteiger partial charge on any atom is -0.339 e. The van der Waals surface area contributed by atoms with Gasteiger partial charge in [-0.1, -0.05) is 32.9 Å². The molecule has 0 saturated heterocycles. The maximum atomic E-state index is 6.57. The topological polar surface area (TPSA) is 64.9 Å². The SMILES string of the molecule is CCCc1nc(C2(N)CC(C)CC(C)(C)C2)no1. The Morgan fingerprint density at radius 3 is 2.72 bits per heavy atom. The van der Waals surface area contributed by atoms with Gasteiger partial charge in [0.1, 0.15) is 0 Å². The number of aromatic nitrogens is 2. The van der Waals surface area contributed by atoms with Crippen LogP contribution in [-0.4, -0.2) is 10.1 Å². The summed E-state index contributed by atoms with van der Waals surface area (Å²) in [6.07, 6.45) is 4.94. The highest BCUT2D eigenvalue weighted by molar-refractivity contribution is 5.09. The van der Waals surface area contributed by atoms with E-state index in [0.717, 1.165) is 25.7 Å². The summed E-state index contributed by atoms with van der Waals surface area (Å²) in [4.78, 5) is 4.49. The fourth-order valence-electron chi connectivity index (χ4n) is 3.58. The summed E-state index contributed by atoms with van der Waals surface area (Å²) in [5.41, 5.74) is 6.40. The summed E-state index contributed by atoms with van der Waals surface area (Å²) in [5, 5.41) is 4.12. The van der Waals surface area contributed by atoms with Gasteiger partial charge in [0.15, 0.2) is 5.82 Å². The Bertz CT molecular complexity index is 413. The zero-order valence-corrected chi connectivity index (χ0v) is 12.0. The van der Waals surface area contributed by atoms with E-state index in [2.05, 4.69) is 37.8 Å². The number of hydrogen-bond acceptors (Lipinski definition) is 4. The second-order valence-electron chi connectivity index (χ2n) is 6.77. The van der Waals surface area contributed by atoms with Crippen molar-refractivity contribution in [2.45, 2.75) is 65.3 Å². The molecule has 0 aliphatic heterocycles. The average molecular weight is 251 g/mol. The van der Waals surface area contributed by atoms with Crippen LogP contribution >= 0.6 is 0 Å². The molecule has 0 radical (unpaired) electrons. The van der Waals surface area contributed by atoms with Crippen molar-refractivity contribution in [3.63, 3.8) is 0 Å². The molecule has 1 saturated carbocycles. The molecule has 1 aliphatic carbocycles. The van der Waals surface area contributed by atoms with Crippen molar-refractivity contribution < 1.29 is 4.52 Å². The van der Waals surface area contributed by atoms with Crippen molar-refractivity contribution >= 4 is 0 Å². The molecular weight excluding hydrogens is 226 g/mol. The van der Waals surface area contributed by atoms with E-state index in [0.29, 0.717) is 17.6 Å². The number of nitrogens with two attached hydrogens (primary N) is 1. The summed E-state index contributed by atoms with van der Waals surface area (Å²) in [7, 11) is 0. The molecule has 0 bridgehead atoms. The van der Waals surface area contributed by atoms with Crippen LogP contribution in [0.5, 0.6) is 0 Å². The molecule has 1 aliphatic rings. The van der Waals surface area contributed by atoms with Gasteiger partial charge in [-0.2, -0.15) is 4.98 Å². The molecule has 0 spiro atoms. The summed E-state index contributed by atoms with van der Waals surface area (Å²) in [6.45, 7) is 8.91. The maximum Gasteiger partial charge on any atom is 0.226 e. The van der Waals surface area contributed by atoms with E-state index in [-0.39, 0.29) is 5.41 Å². The van der Waals surface area contributed by atoms with E-state index in [1.807, 2.05) is 0 Å². The second-order valence-corrected chi connectivity index (χ2v) is 6.77. The number of hydrogen-bond donors (Lipinski definition) is 1. The quantitative estimate of drug-likeness (QED) is 0.896. The highest BCUT2D eigenvalue weighted by Gasteiger charge is 2.44. The Morgan fingerprint density at radius 2 is 2.11 bits per heavy atom. The molecule has 2 rings (SSSR count). The molecule has 18 heavy (non-hydrogen) atoms. The largest absolute Gasteiger partial charge is 0.339 e. The van der Waals surface area contributed by atoms with Crippen LogP contribution in [0.25, 0.3) is 0 Å². The summed E-state index contributed by atoms with van der Waals surface area (Å²) in [6, 6.07) is 0. The number of aryl methyl sites for hydroxylation is 1. The molecule has 2 N–H and O–H groups in total. The van der Waals surface area contributed by atoms with Gasteiger partial charge in [-0.15, -0.1) is 0 Å². The highest BCUT2D eigenvalue weighted by Crippen LogP contribution is 2.46. The van der Waals surface area contributed by atoms with Crippen LogP contribution in [0.4, 0.5) is 0 Å². The molecule has 1 heterocycles. The minimum atomic E-state index is -0.420. The van der Waals surface area contributed by atoms with Gasteiger partial charge in [-0.3, -0.25) is 0 Å². The molecular formula is C14H25N3O. The van der Waals surface area contributed by atoms with E-state index in [9.17, 15) is 0 Å². The van der Waals surface area contributed by atoms with Crippen molar-refractivity contribution in [2.24, 2.45) is 17.1 Å². The first kappa shape index (κ1) is 13.5. The minimum absolute atomic E-state index is 0.248. The Hall–Kier alpha value is -0.900. The van der Waals surface area contributed by atoms with E-state index in [1.54, 1.807) is 0 Å². The number of nitrogens with zero attached hydrogens (tertiary/aromatic N) is 2. The van der Waals surface area contributed by atoms with Crippen molar-refractivity contribution in [2.75, 3.05) is 0 Å². The van der Waals surface area contributed by atoms with Crippen molar-refractivity contribution in [1.29, 1.82) is 0 Å². The Balaban J connectivity index is 2.23. The first-order valence-corrected chi connectivity index (χ1v) is 6.96. The molecule has 0 aromatic carbocycles. The van der Waals surface area contributed by atoms with Crippen LogP contribution in [0.2, 0.25) is 0 Å². The molecule has 2 atom stereocenters. The summed E-state index contributed by atoms with van der Waals surface area (Å²) < 4.78 is 5.29. The van der Waals surface area contributed by atoms with Gasteiger partial charge in [-0.05, 0) is 37.0 Å². The predicted molar refractivity (Wildman–Crippen MR) is 71.0 cm³/mol. The zero-order valence-electron chi connectivity index (χ0n) is 12.0. The second kappa shape index (κ2) is 4.65. The third-order valence-corrected chi connectivity index (χ3v) is 3.79. The van der Waals surface area contributed by atoms with Crippen LogP contribution < -0.4 is 5.73 Å². The standard InChI is InChI=1S/C14H25N3O/c1-5-6-11-16-12(17-18-11)14(15)8-10(2)7-13(3,4)9-14/h10H,5-9,15H2,1-4H3. The van der Waals surface area contributed by atoms with Gasteiger partial charge in [0.25, 0.3) is 0 Å². The van der Waals surface area contributed by atoms with Gasteiger partial charge in [0.2, 0.25) is 5.89 Å². The van der Waals surface area contributed by atoms with Crippen LogP contribution in [0, 0.1) is 11.3 Å². The fraction of sp³-hybridized carbons (Fsp3) is 0.857. The number of rotatable bonds is 3. The average Bonchev–Trinajstić information content (AvgIpc) is 2.63. The maximum absolute atomic E-state index is 6.57. The molecule has 4 heteroatoms. The lowest BCUT2D eigenvalue weighted by atomic mass is 9.64. The third kappa shape index (κ3) is 2.74. The van der Waals surface area contributed by atoms with Crippen molar-refractivity contribution in [1.82, 2.24) is 10.1 Å². The van der Waals surface area contributed by atoms with Gasteiger partial charge >= 0.3 is 0 Å². The molecule has 1 aromatic heterocycles. The summed E-state index contributed by atoms with van der Waals surface area (Å²) in [5.74, 6) is 2.02. The smallest absolute Gasteiger partial charge is 0.226 e. The lowest BCUT2D eigenvalue weighted by Crippen LogP contribution is -2.47. The Labute approximate surface area is 109 Å². The van der Waals surface area contributed by atoms with E-state index in [4.69, 9.17) is 10.3 Å². The normalized spacial score (nSPS) is 31.5. The van der Waals surface area contributed by atoms with Gasteiger partial charge in [0, 0.05) is 6.42 Å². The van der Waals surface area contributed by atoms with Crippen molar-refractivity contribution in [3.8, 4) is 0 Å². The lowest BCUT2D eigenvalue weighted by Gasteiger charge is -2.43. The molecule has 4 nitrogen and oxygen atoms in total. The van der Waals surface area contributed by atoms with Gasteiger partial charge in [-0.25, -0.2) is 0 Å². The van der Waals surface area contributed by atoms with E-state index < -0.39 is 5.54 Å². The highest BCUT2D eigenvalue weighted by atomic mass is 16.5. The lowest BCUT2D eigenvalue weighted by molar-refractivity contribution is 0.0997. The molecule has 0 amide bonds. The monoisotopic (exact) mass is 251 g/mol. The predicted octanol–water partition coefficient (Wildman–Crippen LogP) is 3.02. The summed E-state index contributed by atoms with van der Waals surface area (Å²) >= 11 is 0.